The Labute approximate surface area is 177 Å². The zero-order chi connectivity index (χ0) is 21.6. The smallest absolute Gasteiger partial charge is 0.325 e. The van der Waals surface area contributed by atoms with Gasteiger partial charge >= 0.3 is 5.97 Å². The lowest BCUT2D eigenvalue weighted by atomic mass is 9.66. The number of methoxy groups -OCH3 is 1. The summed E-state index contributed by atoms with van der Waals surface area (Å²) in [6.45, 7) is 1.98. The number of ether oxygens (including phenoxy) is 1. The topological polar surface area (TPSA) is 70.3 Å². The number of fused-ring (bicyclic) bond motifs is 1. The molecule has 0 bridgehead atoms. The highest BCUT2D eigenvalue weighted by Crippen LogP contribution is 2.48. The van der Waals surface area contributed by atoms with Crippen molar-refractivity contribution in [3.63, 3.8) is 0 Å². The summed E-state index contributed by atoms with van der Waals surface area (Å²) in [6.07, 6.45) is 4.57. The van der Waals surface area contributed by atoms with Crippen LogP contribution in [-0.4, -0.2) is 18.2 Å². The molecular formula is C26H25NO3. The fourth-order valence-corrected chi connectivity index (χ4v) is 4.03. The molecule has 30 heavy (non-hydrogen) atoms. The van der Waals surface area contributed by atoms with Crippen molar-refractivity contribution in [1.29, 1.82) is 5.26 Å². The molecule has 0 saturated heterocycles. The molecule has 4 nitrogen and oxygen atoms in total. The molecule has 4 heteroatoms. The van der Waals surface area contributed by atoms with E-state index in [0.29, 0.717) is 11.3 Å². The minimum atomic E-state index is -1.69. The van der Waals surface area contributed by atoms with Crippen LogP contribution in [0, 0.1) is 16.7 Å². The molecule has 3 aromatic carbocycles. The van der Waals surface area contributed by atoms with Crippen LogP contribution in [0.15, 0.2) is 78.9 Å². The van der Waals surface area contributed by atoms with E-state index in [1.54, 1.807) is 19.3 Å². The van der Waals surface area contributed by atoms with Gasteiger partial charge in [0.2, 0.25) is 0 Å². The number of nitriles is 1. The van der Waals surface area contributed by atoms with Crippen molar-refractivity contribution in [3.05, 3.63) is 90.0 Å². The van der Waals surface area contributed by atoms with Gasteiger partial charge in [0, 0.05) is 11.5 Å². The maximum atomic E-state index is 12.7. The molecule has 152 valence electrons. The molecule has 3 aromatic rings. The van der Waals surface area contributed by atoms with Gasteiger partial charge in [0.15, 0.2) is 5.41 Å². The summed E-state index contributed by atoms with van der Waals surface area (Å²) in [5, 5.41) is 22.5. The number of para-hydroxylation sites is 1. The number of carbonyl (C=O) groups is 1. The van der Waals surface area contributed by atoms with Crippen LogP contribution in [-0.2, 0) is 4.79 Å². The molecule has 0 aliphatic rings. The molecule has 0 amide bonds. The fourth-order valence-electron chi connectivity index (χ4n) is 4.03. The maximum absolute atomic E-state index is 12.7. The Balaban J connectivity index is 2.38. The highest BCUT2D eigenvalue weighted by atomic mass is 16.5. The second kappa shape index (κ2) is 9.28. The number of benzene rings is 3. The monoisotopic (exact) mass is 399 g/mol. The maximum Gasteiger partial charge on any atom is 0.325 e. The molecule has 0 aliphatic carbocycles. The molecule has 0 aliphatic heterocycles. The molecule has 0 radical (unpaired) electrons. The number of allylic oxidation sites excluding steroid dienone is 2. The third kappa shape index (κ3) is 3.79. The van der Waals surface area contributed by atoms with Crippen molar-refractivity contribution in [2.75, 3.05) is 7.11 Å². The predicted octanol–water partition coefficient (Wildman–Crippen LogP) is 5.93. The lowest BCUT2D eigenvalue weighted by molar-refractivity contribution is -0.146. The Morgan fingerprint density at radius 1 is 1.07 bits per heavy atom. The number of carboxylic acids is 1. The number of hydrogen-bond donors (Lipinski definition) is 1. The van der Waals surface area contributed by atoms with Crippen molar-refractivity contribution in [2.45, 2.75) is 25.7 Å². The number of nitrogens with zero attached hydrogens (tertiary/aromatic N) is 1. The first-order valence-electron chi connectivity index (χ1n) is 9.99. The van der Waals surface area contributed by atoms with Gasteiger partial charge in [-0.3, -0.25) is 4.79 Å². The average molecular weight is 399 g/mol. The normalized spacial score (nSPS) is 14.2. The van der Waals surface area contributed by atoms with E-state index >= 15 is 0 Å². The van der Waals surface area contributed by atoms with Gasteiger partial charge in [-0.2, -0.15) is 5.26 Å². The molecule has 0 spiro atoms. The molecule has 2 atom stereocenters. The number of aliphatic carboxylic acids is 1. The van der Waals surface area contributed by atoms with Crippen LogP contribution in [0.4, 0.5) is 0 Å². The Kier molecular flexibility index (Phi) is 6.54. The molecule has 0 fully saturated rings. The molecule has 1 N–H and O–H groups in total. The standard InChI is InChI=1S/C26H25NO3/c1-3-4-9-17-26(18-27,25(28)29)24(22-14-7-8-16-23(22)30-2)21-15-10-12-19-11-5-6-13-20(19)21/h4-16,24H,3,17H2,1-2H3,(H,28,29)/t24?,26-/m1/s1. The van der Waals surface area contributed by atoms with Gasteiger partial charge in [-0.1, -0.05) is 79.7 Å². The zero-order valence-electron chi connectivity index (χ0n) is 17.2. The first kappa shape index (κ1) is 21.1. The van der Waals surface area contributed by atoms with Crippen LogP contribution in [0.3, 0.4) is 0 Å². The first-order chi connectivity index (χ1) is 14.6. The molecule has 0 saturated carbocycles. The van der Waals surface area contributed by atoms with E-state index < -0.39 is 17.3 Å². The summed E-state index contributed by atoms with van der Waals surface area (Å²) >= 11 is 0. The van der Waals surface area contributed by atoms with E-state index in [2.05, 4.69) is 6.07 Å². The van der Waals surface area contributed by atoms with Gasteiger partial charge in [-0.15, -0.1) is 0 Å². The minimum absolute atomic E-state index is 0.0958. The predicted molar refractivity (Wildman–Crippen MR) is 119 cm³/mol. The molecule has 3 rings (SSSR count). The lowest BCUT2D eigenvalue weighted by Crippen LogP contribution is -2.36. The van der Waals surface area contributed by atoms with Gasteiger partial charge < -0.3 is 9.84 Å². The molecule has 0 heterocycles. The Hall–Kier alpha value is -3.58. The second-order valence-electron chi connectivity index (χ2n) is 7.22. The highest BCUT2D eigenvalue weighted by Gasteiger charge is 2.48. The van der Waals surface area contributed by atoms with Crippen molar-refractivity contribution in [3.8, 4) is 11.8 Å². The Morgan fingerprint density at radius 3 is 2.43 bits per heavy atom. The molecule has 0 aromatic heterocycles. The van der Waals surface area contributed by atoms with Crippen molar-refractivity contribution in [1.82, 2.24) is 0 Å². The Morgan fingerprint density at radius 2 is 1.73 bits per heavy atom. The minimum Gasteiger partial charge on any atom is -0.496 e. The van der Waals surface area contributed by atoms with Crippen LogP contribution in [0.2, 0.25) is 0 Å². The van der Waals surface area contributed by atoms with E-state index in [1.807, 2.05) is 73.7 Å². The van der Waals surface area contributed by atoms with E-state index in [1.165, 1.54) is 0 Å². The number of carboxylic acid groups (broad SMARTS) is 1. The SMILES string of the molecule is CCC=CC[C@](C#N)(C(=O)O)C(c1ccccc1OC)c1cccc2ccccc12. The van der Waals surface area contributed by atoms with Crippen LogP contribution in [0.1, 0.15) is 36.8 Å². The van der Waals surface area contributed by atoms with Crippen LogP contribution in [0.25, 0.3) is 10.8 Å². The third-order valence-electron chi connectivity index (χ3n) is 5.50. The van der Waals surface area contributed by atoms with Crippen molar-refractivity contribution in [2.24, 2.45) is 5.41 Å². The van der Waals surface area contributed by atoms with Gasteiger partial charge in [-0.25, -0.2) is 0 Å². The quantitative estimate of drug-likeness (QED) is 0.477. The van der Waals surface area contributed by atoms with E-state index in [9.17, 15) is 15.2 Å². The summed E-state index contributed by atoms with van der Waals surface area (Å²) in [6, 6.07) is 23.2. The van der Waals surface area contributed by atoms with Crippen LogP contribution < -0.4 is 4.74 Å². The average Bonchev–Trinajstić information content (AvgIpc) is 2.78. The van der Waals surface area contributed by atoms with Crippen LogP contribution >= 0.6 is 0 Å². The van der Waals surface area contributed by atoms with E-state index in [-0.39, 0.29) is 6.42 Å². The first-order valence-corrected chi connectivity index (χ1v) is 9.99. The van der Waals surface area contributed by atoms with Crippen molar-refractivity contribution < 1.29 is 14.6 Å². The highest BCUT2D eigenvalue weighted by molar-refractivity contribution is 5.89. The second-order valence-corrected chi connectivity index (χ2v) is 7.22. The fraction of sp³-hybridized carbons (Fsp3) is 0.231. The zero-order valence-corrected chi connectivity index (χ0v) is 17.2. The van der Waals surface area contributed by atoms with Gasteiger partial charge in [0.25, 0.3) is 0 Å². The summed E-state index contributed by atoms with van der Waals surface area (Å²) in [4.78, 5) is 12.7. The molecule has 1 unspecified atom stereocenters. The van der Waals surface area contributed by atoms with E-state index in [4.69, 9.17) is 4.74 Å². The van der Waals surface area contributed by atoms with Gasteiger partial charge in [-0.05, 0) is 35.2 Å². The summed E-state index contributed by atoms with van der Waals surface area (Å²) < 4.78 is 5.58. The van der Waals surface area contributed by atoms with E-state index in [0.717, 1.165) is 22.8 Å². The van der Waals surface area contributed by atoms with Crippen molar-refractivity contribution >= 4 is 16.7 Å². The summed E-state index contributed by atoms with van der Waals surface area (Å²) in [5.41, 5.74) is -0.207. The lowest BCUT2D eigenvalue weighted by Gasteiger charge is -2.33. The summed E-state index contributed by atoms with van der Waals surface area (Å²) in [7, 11) is 1.56. The number of hydrogen-bond acceptors (Lipinski definition) is 3. The largest absolute Gasteiger partial charge is 0.496 e. The van der Waals surface area contributed by atoms with Gasteiger partial charge in [0.05, 0.1) is 13.2 Å². The molecular weight excluding hydrogens is 374 g/mol. The number of rotatable bonds is 8. The summed E-state index contributed by atoms with van der Waals surface area (Å²) in [5.74, 6) is -1.30. The Bertz CT molecular complexity index is 1110. The van der Waals surface area contributed by atoms with Gasteiger partial charge in [0.1, 0.15) is 5.75 Å². The van der Waals surface area contributed by atoms with Crippen LogP contribution in [0.5, 0.6) is 5.75 Å². The third-order valence-corrected chi connectivity index (χ3v) is 5.50.